The second-order valence-electron chi connectivity index (χ2n) is 2.38. The number of aromatic nitrogens is 1. The molecule has 0 atom stereocenters. The van der Waals surface area contributed by atoms with E-state index < -0.39 is 6.16 Å². The second kappa shape index (κ2) is 9.21. The van der Waals surface area contributed by atoms with Gasteiger partial charge in [-0.1, -0.05) is 0 Å². The number of carboxylic acid groups (broad SMARTS) is 2. The Kier molecular flexibility index (Phi) is 9.27. The molecule has 90 valence electrons. The van der Waals surface area contributed by atoms with Crippen LogP contribution in [0, 0.1) is 0 Å². The Bertz CT molecular complexity index is 320. The summed E-state index contributed by atoms with van der Waals surface area (Å²) in [6.07, 6.45) is 1.58. The zero-order chi connectivity index (χ0) is 11.7. The lowest BCUT2D eigenvalue weighted by atomic mass is 10.3. The normalized spacial score (nSPS) is 7.75. The zero-order valence-electron chi connectivity index (χ0n) is 8.37. The molecule has 0 unspecified atom stereocenters. The monoisotopic (exact) mass is 230 g/mol. The number of guanidine groups is 1. The van der Waals surface area contributed by atoms with Gasteiger partial charge >= 0.3 is 6.16 Å². The third-order valence-corrected chi connectivity index (χ3v) is 1.19. The van der Waals surface area contributed by atoms with Gasteiger partial charge in [0.05, 0.1) is 6.54 Å². The number of aliphatic imine (C=N–C) groups is 1. The first kappa shape index (κ1) is 16.1. The van der Waals surface area contributed by atoms with Gasteiger partial charge in [-0.05, 0) is 17.7 Å². The Morgan fingerprint density at radius 1 is 1.31 bits per heavy atom. The van der Waals surface area contributed by atoms with Crippen LogP contribution in [0.15, 0.2) is 29.5 Å². The topological polar surface area (TPSA) is 166 Å². The van der Waals surface area contributed by atoms with Crippen LogP contribution in [0.1, 0.15) is 5.56 Å². The molecule has 0 aliphatic heterocycles. The average molecular weight is 230 g/mol. The number of pyridine rings is 1. The lowest BCUT2D eigenvalue weighted by Crippen LogP contribution is -2.22. The van der Waals surface area contributed by atoms with Crippen molar-refractivity contribution in [2.45, 2.75) is 6.54 Å². The maximum Gasteiger partial charge on any atom is 0.503 e. The number of nitrogens with two attached hydrogens (primary N) is 2. The molecule has 16 heavy (non-hydrogen) atoms. The van der Waals surface area contributed by atoms with E-state index in [2.05, 4.69) is 9.98 Å². The van der Waals surface area contributed by atoms with Gasteiger partial charge in [-0.25, -0.2) is 9.79 Å². The van der Waals surface area contributed by atoms with E-state index in [1.54, 1.807) is 12.4 Å². The van der Waals surface area contributed by atoms with Crippen LogP contribution in [0.5, 0.6) is 0 Å². The molecule has 1 rings (SSSR count). The van der Waals surface area contributed by atoms with Crippen molar-refractivity contribution in [3.8, 4) is 0 Å². The van der Waals surface area contributed by atoms with Gasteiger partial charge in [-0.2, -0.15) is 0 Å². The fourth-order valence-electron chi connectivity index (χ4n) is 0.671. The standard InChI is InChI=1S/C7H10N4.CH2O3.H2O/c8-7(9)11-5-6-1-3-10-4-2-6;2-1(3)4;/h1-4H,5H2,(H4,8,9,11);(H2,2,3,4);1H2. The molecule has 0 aromatic carbocycles. The van der Waals surface area contributed by atoms with Crippen molar-refractivity contribution >= 4 is 12.1 Å². The van der Waals surface area contributed by atoms with Gasteiger partial charge in [-0.3, -0.25) is 4.98 Å². The first-order valence-electron chi connectivity index (χ1n) is 3.88. The summed E-state index contributed by atoms with van der Waals surface area (Å²) < 4.78 is 0. The number of hydrogen-bond acceptors (Lipinski definition) is 3. The smallest absolute Gasteiger partial charge is 0.450 e. The number of hydrogen-bond donors (Lipinski definition) is 4. The Hall–Kier alpha value is -2.35. The van der Waals surface area contributed by atoms with Gasteiger partial charge in [0.15, 0.2) is 5.96 Å². The fraction of sp³-hybridized carbons (Fsp3) is 0.125. The Balaban J connectivity index is 0. The van der Waals surface area contributed by atoms with E-state index in [9.17, 15) is 0 Å². The predicted molar refractivity (Wildman–Crippen MR) is 58.0 cm³/mol. The number of nitrogens with zero attached hydrogens (tertiary/aromatic N) is 2. The summed E-state index contributed by atoms with van der Waals surface area (Å²) in [5.74, 6) is 0.113. The minimum absolute atomic E-state index is 0. The summed E-state index contributed by atoms with van der Waals surface area (Å²) in [7, 11) is 0. The molecule has 0 bridgehead atoms. The summed E-state index contributed by atoms with van der Waals surface area (Å²) >= 11 is 0. The summed E-state index contributed by atoms with van der Waals surface area (Å²) in [6, 6.07) is 3.74. The molecule has 0 aliphatic carbocycles. The average Bonchev–Trinajstić information content (AvgIpc) is 2.15. The van der Waals surface area contributed by atoms with Gasteiger partial charge < -0.3 is 27.2 Å². The van der Waals surface area contributed by atoms with Crippen molar-refractivity contribution < 1.29 is 20.5 Å². The van der Waals surface area contributed by atoms with Crippen LogP contribution >= 0.6 is 0 Å². The van der Waals surface area contributed by atoms with E-state index in [0.717, 1.165) is 5.56 Å². The third kappa shape index (κ3) is 11.6. The SMILES string of the molecule is NC(N)=NCc1ccncc1.O.O=C(O)O. The van der Waals surface area contributed by atoms with E-state index in [0.29, 0.717) is 6.54 Å². The molecule has 0 radical (unpaired) electrons. The van der Waals surface area contributed by atoms with Gasteiger partial charge in [0.2, 0.25) is 0 Å². The fourth-order valence-corrected chi connectivity index (χ4v) is 0.671. The van der Waals surface area contributed by atoms with E-state index in [-0.39, 0.29) is 11.4 Å². The molecule has 0 fully saturated rings. The third-order valence-electron chi connectivity index (χ3n) is 1.19. The quantitative estimate of drug-likeness (QED) is 0.385. The van der Waals surface area contributed by atoms with Crippen molar-refractivity contribution in [3.63, 3.8) is 0 Å². The van der Waals surface area contributed by atoms with E-state index >= 15 is 0 Å². The highest BCUT2D eigenvalue weighted by molar-refractivity contribution is 5.75. The van der Waals surface area contributed by atoms with Crippen LogP contribution < -0.4 is 11.5 Å². The highest BCUT2D eigenvalue weighted by Gasteiger charge is 1.87. The Morgan fingerprint density at radius 2 is 1.75 bits per heavy atom. The highest BCUT2D eigenvalue weighted by Crippen LogP contribution is 1.96. The summed E-state index contributed by atoms with van der Waals surface area (Å²) in [4.78, 5) is 16.3. The molecule has 0 saturated carbocycles. The van der Waals surface area contributed by atoms with E-state index in [1.807, 2.05) is 12.1 Å². The number of carbonyl (C=O) groups is 1. The molecule has 1 aromatic heterocycles. The van der Waals surface area contributed by atoms with Gasteiger partial charge in [0.1, 0.15) is 0 Å². The zero-order valence-corrected chi connectivity index (χ0v) is 8.37. The predicted octanol–water partition coefficient (Wildman–Crippen LogP) is -0.747. The van der Waals surface area contributed by atoms with Crippen molar-refractivity contribution in [1.29, 1.82) is 0 Å². The molecule has 0 spiro atoms. The molecule has 1 aromatic rings. The lowest BCUT2D eigenvalue weighted by molar-refractivity contribution is 0.137. The number of rotatable bonds is 2. The summed E-state index contributed by atoms with van der Waals surface area (Å²) in [5, 5.41) is 13.9. The Morgan fingerprint density at radius 3 is 2.12 bits per heavy atom. The molecule has 1 heterocycles. The van der Waals surface area contributed by atoms with Crippen LogP contribution in [0.4, 0.5) is 4.79 Å². The van der Waals surface area contributed by atoms with Crippen molar-refractivity contribution in [2.75, 3.05) is 0 Å². The van der Waals surface area contributed by atoms with Crippen molar-refractivity contribution in [1.82, 2.24) is 4.98 Å². The maximum atomic E-state index is 8.56. The van der Waals surface area contributed by atoms with Crippen LogP contribution in [0.3, 0.4) is 0 Å². The van der Waals surface area contributed by atoms with E-state index in [1.165, 1.54) is 0 Å². The van der Waals surface area contributed by atoms with E-state index in [4.69, 9.17) is 26.5 Å². The van der Waals surface area contributed by atoms with Crippen LogP contribution in [0.2, 0.25) is 0 Å². The van der Waals surface area contributed by atoms with Gasteiger partial charge in [0, 0.05) is 12.4 Å². The van der Waals surface area contributed by atoms with Crippen molar-refractivity contribution in [2.24, 2.45) is 16.5 Å². The van der Waals surface area contributed by atoms with Crippen LogP contribution in [-0.4, -0.2) is 32.8 Å². The highest BCUT2D eigenvalue weighted by atomic mass is 16.6. The van der Waals surface area contributed by atoms with Crippen molar-refractivity contribution in [3.05, 3.63) is 30.1 Å². The molecule has 8 heteroatoms. The van der Waals surface area contributed by atoms with Gasteiger partial charge in [-0.15, -0.1) is 0 Å². The molecular weight excluding hydrogens is 216 g/mol. The first-order valence-corrected chi connectivity index (χ1v) is 3.88. The Labute approximate surface area is 91.6 Å². The largest absolute Gasteiger partial charge is 0.503 e. The molecule has 8 N–H and O–H groups in total. The minimum atomic E-state index is -1.83. The van der Waals surface area contributed by atoms with Crippen LogP contribution in [0.25, 0.3) is 0 Å². The van der Waals surface area contributed by atoms with Crippen LogP contribution in [-0.2, 0) is 6.54 Å². The second-order valence-corrected chi connectivity index (χ2v) is 2.38. The molecule has 0 aliphatic rings. The summed E-state index contributed by atoms with van der Waals surface area (Å²) in [6.45, 7) is 0.519. The summed E-state index contributed by atoms with van der Waals surface area (Å²) in [5.41, 5.74) is 11.4. The molecular formula is C8H14N4O4. The maximum absolute atomic E-state index is 8.56. The molecule has 0 amide bonds. The molecule has 8 nitrogen and oxygen atoms in total. The lowest BCUT2D eigenvalue weighted by Gasteiger charge is -1.94. The minimum Gasteiger partial charge on any atom is -0.450 e. The molecule has 0 saturated heterocycles. The first-order chi connectivity index (χ1) is 7.02. The van der Waals surface area contributed by atoms with Gasteiger partial charge in [0.25, 0.3) is 0 Å².